The highest BCUT2D eigenvalue weighted by molar-refractivity contribution is 5.43. The van der Waals surface area contributed by atoms with E-state index in [2.05, 4.69) is 41.9 Å². The third-order valence-corrected chi connectivity index (χ3v) is 5.06. The smallest absolute Gasteiger partial charge is 0.161 e. The fraction of sp³-hybridized carbons (Fsp3) is 0.619. The summed E-state index contributed by atoms with van der Waals surface area (Å²) in [6, 6.07) is 6.98. The Labute approximate surface area is 157 Å². The molecule has 0 spiro atoms. The van der Waals surface area contributed by atoms with Crippen LogP contribution >= 0.6 is 0 Å². The molecule has 2 saturated heterocycles. The zero-order valence-corrected chi connectivity index (χ0v) is 16.4. The van der Waals surface area contributed by atoms with Crippen LogP contribution in [0.15, 0.2) is 29.8 Å². The summed E-state index contributed by atoms with van der Waals surface area (Å²) < 4.78 is 16.9. The van der Waals surface area contributed by atoms with Gasteiger partial charge in [-0.3, -0.25) is 9.80 Å². The zero-order valence-electron chi connectivity index (χ0n) is 16.4. The summed E-state index contributed by atoms with van der Waals surface area (Å²) in [6.45, 7) is 12.0. The van der Waals surface area contributed by atoms with Crippen LogP contribution in [0.25, 0.3) is 0 Å². The van der Waals surface area contributed by atoms with Crippen molar-refractivity contribution in [2.75, 3.05) is 53.1 Å². The molecule has 3 rings (SSSR count). The van der Waals surface area contributed by atoms with Crippen LogP contribution < -0.4 is 9.47 Å². The van der Waals surface area contributed by atoms with Crippen LogP contribution in [0.4, 0.5) is 0 Å². The van der Waals surface area contributed by atoms with Crippen molar-refractivity contribution in [3.63, 3.8) is 0 Å². The third-order valence-electron chi connectivity index (χ3n) is 5.06. The van der Waals surface area contributed by atoms with Gasteiger partial charge in [0.2, 0.25) is 0 Å². The van der Waals surface area contributed by atoms with Crippen molar-refractivity contribution in [3.05, 3.63) is 35.4 Å². The van der Waals surface area contributed by atoms with Crippen molar-refractivity contribution in [2.45, 2.75) is 32.9 Å². The number of morpholine rings is 1. The van der Waals surface area contributed by atoms with Crippen LogP contribution in [0.5, 0.6) is 11.5 Å². The fourth-order valence-electron chi connectivity index (χ4n) is 3.55. The normalized spacial score (nSPS) is 19.0. The van der Waals surface area contributed by atoms with Gasteiger partial charge in [0.1, 0.15) is 0 Å². The van der Waals surface area contributed by atoms with E-state index in [1.54, 1.807) is 7.11 Å². The van der Waals surface area contributed by atoms with Gasteiger partial charge >= 0.3 is 0 Å². The maximum absolute atomic E-state index is 5.96. The van der Waals surface area contributed by atoms with Crippen LogP contribution in [0.1, 0.15) is 25.8 Å². The first-order valence-electron chi connectivity index (χ1n) is 9.63. The highest BCUT2D eigenvalue weighted by Gasteiger charge is 2.32. The van der Waals surface area contributed by atoms with Crippen molar-refractivity contribution in [3.8, 4) is 11.5 Å². The largest absolute Gasteiger partial charge is 0.493 e. The molecule has 1 aromatic carbocycles. The van der Waals surface area contributed by atoms with E-state index in [0.29, 0.717) is 12.6 Å². The summed E-state index contributed by atoms with van der Waals surface area (Å²) in [5, 5.41) is 0. The molecule has 0 unspecified atom stereocenters. The van der Waals surface area contributed by atoms with Crippen LogP contribution in [0.3, 0.4) is 0 Å². The molecule has 0 radical (unpaired) electrons. The molecule has 2 aliphatic rings. The number of methoxy groups -OCH3 is 1. The standard InChI is InChI=1S/C21H32N2O3/c1-17(2)5-4-10-26-21-13-18(6-7-20(21)24-3)14-22-15-19(16-22)23-8-11-25-12-9-23/h5-7,13,19H,4,8-12,14-16H2,1-3H3. The molecule has 0 atom stereocenters. The Morgan fingerprint density at radius 1 is 1.19 bits per heavy atom. The monoisotopic (exact) mass is 360 g/mol. The number of ether oxygens (including phenoxy) is 3. The van der Waals surface area contributed by atoms with Gasteiger partial charge in [0, 0.05) is 38.8 Å². The molecule has 5 heteroatoms. The predicted molar refractivity (Wildman–Crippen MR) is 104 cm³/mol. The van der Waals surface area contributed by atoms with Gasteiger partial charge in [0.15, 0.2) is 11.5 Å². The molecule has 26 heavy (non-hydrogen) atoms. The number of rotatable bonds is 8. The molecule has 0 saturated carbocycles. The summed E-state index contributed by atoms with van der Waals surface area (Å²) in [7, 11) is 1.69. The van der Waals surface area contributed by atoms with E-state index in [1.807, 2.05) is 6.07 Å². The van der Waals surface area contributed by atoms with Gasteiger partial charge in [0.05, 0.1) is 26.9 Å². The first-order chi connectivity index (χ1) is 12.7. The molecule has 0 amide bonds. The molecule has 1 aromatic rings. The molecule has 0 aliphatic carbocycles. The number of hydrogen-bond acceptors (Lipinski definition) is 5. The number of nitrogens with zero attached hydrogens (tertiary/aromatic N) is 2. The second-order valence-corrected chi connectivity index (χ2v) is 7.40. The van der Waals surface area contributed by atoms with E-state index in [1.165, 1.54) is 11.1 Å². The summed E-state index contributed by atoms with van der Waals surface area (Å²) in [5.74, 6) is 1.65. The van der Waals surface area contributed by atoms with Gasteiger partial charge < -0.3 is 14.2 Å². The molecule has 5 nitrogen and oxygen atoms in total. The minimum absolute atomic E-state index is 0.674. The number of hydrogen-bond donors (Lipinski definition) is 0. The fourth-order valence-corrected chi connectivity index (χ4v) is 3.55. The quantitative estimate of drug-likeness (QED) is 0.526. The lowest BCUT2D eigenvalue weighted by Crippen LogP contribution is -2.60. The Kier molecular flexibility index (Phi) is 6.94. The van der Waals surface area contributed by atoms with Gasteiger partial charge in [-0.05, 0) is 38.0 Å². The van der Waals surface area contributed by atoms with Crippen molar-refractivity contribution >= 4 is 0 Å². The number of allylic oxidation sites excluding steroid dienone is 1. The van der Waals surface area contributed by atoms with Crippen LogP contribution in [-0.2, 0) is 11.3 Å². The van der Waals surface area contributed by atoms with Crippen LogP contribution in [0.2, 0.25) is 0 Å². The predicted octanol–water partition coefficient (Wildman–Crippen LogP) is 2.95. The topological polar surface area (TPSA) is 34.2 Å². The molecule has 0 aromatic heterocycles. The average molecular weight is 360 g/mol. The average Bonchev–Trinajstić information content (AvgIpc) is 2.62. The van der Waals surface area contributed by atoms with Gasteiger partial charge in [-0.2, -0.15) is 0 Å². The summed E-state index contributed by atoms with van der Waals surface area (Å²) in [4.78, 5) is 5.06. The van der Waals surface area contributed by atoms with E-state index in [-0.39, 0.29) is 0 Å². The van der Waals surface area contributed by atoms with Gasteiger partial charge in [-0.25, -0.2) is 0 Å². The lowest BCUT2D eigenvalue weighted by atomic mass is 10.0. The highest BCUT2D eigenvalue weighted by Crippen LogP contribution is 2.29. The van der Waals surface area contributed by atoms with Gasteiger partial charge in [-0.15, -0.1) is 0 Å². The van der Waals surface area contributed by atoms with E-state index < -0.39 is 0 Å². The molecule has 2 heterocycles. The maximum Gasteiger partial charge on any atom is 0.161 e. The first-order valence-corrected chi connectivity index (χ1v) is 9.63. The molecule has 0 bridgehead atoms. The Morgan fingerprint density at radius 3 is 2.65 bits per heavy atom. The van der Waals surface area contributed by atoms with Crippen molar-refractivity contribution < 1.29 is 14.2 Å². The van der Waals surface area contributed by atoms with E-state index in [9.17, 15) is 0 Å². The Balaban J connectivity index is 1.50. The first kappa shape index (κ1) is 19.2. The zero-order chi connectivity index (χ0) is 18.4. The van der Waals surface area contributed by atoms with Crippen molar-refractivity contribution in [2.24, 2.45) is 0 Å². The van der Waals surface area contributed by atoms with Gasteiger partial charge in [-0.1, -0.05) is 17.7 Å². The Bertz CT molecular complexity index is 601. The van der Waals surface area contributed by atoms with Crippen molar-refractivity contribution in [1.29, 1.82) is 0 Å². The summed E-state index contributed by atoms with van der Waals surface area (Å²) in [5.41, 5.74) is 2.60. The molecule has 2 aliphatic heterocycles. The van der Waals surface area contributed by atoms with Crippen molar-refractivity contribution in [1.82, 2.24) is 9.80 Å². The van der Waals surface area contributed by atoms with E-state index in [4.69, 9.17) is 14.2 Å². The van der Waals surface area contributed by atoms with Crippen LogP contribution in [0, 0.1) is 0 Å². The van der Waals surface area contributed by atoms with Gasteiger partial charge in [0.25, 0.3) is 0 Å². The second-order valence-electron chi connectivity index (χ2n) is 7.40. The molecule has 2 fully saturated rings. The molecule has 144 valence electrons. The SMILES string of the molecule is COc1ccc(CN2CC(N3CCOCC3)C2)cc1OCCC=C(C)C. The molecular formula is C21H32N2O3. The lowest BCUT2D eigenvalue weighted by Gasteiger charge is -2.46. The minimum atomic E-state index is 0.674. The van der Waals surface area contributed by atoms with E-state index >= 15 is 0 Å². The lowest BCUT2D eigenvalue weighted by molar-refractivity contribution is -0.0344. The Morgan fingerprint density at radius 2 is 1.96 bits per heavy atom. The minimum Gasteiger partial charge on any atom is -0.493 e. The third kappa shape index (κ3) is 5.22. The number of likely N-dealkylation sites (tertiary alicyclic amines) is 1. The van der Waals surface area contributed by atoms with Crippen LogP contribution in [-0.4, -0.2) is 69.0 Å². The second kappa shape index (κ2) is 9.40. The van der Waals surface area contributed by atoms with E-state index in [0.717, 1.165) is 63.9 Å². The maximum atomic E-state index is 5.96. The summed E-state index contributed by atoms with van der Waals surface area (Å²) in [6.07, 6.45) is 3.12. The summed E-state index contributed by atoms with van der Waals surface area (Å²) >= 11 is 0. The molecular weight excluding hydrogens is 328 g/mol. The molecule has 0 N–H and O–H groups in total. The number of benzene rings is 1. The Hall–Kier alpha value is -1.56. The highest BCUT2D eigenvalue weighted by atomic mass is 16.5.